The third-order valence-corrected chi connectivity index (χ3v) is 4.84. The molecule has 0 spiro atoms. The van der Waals surface area contributed by atoms with Crippen molar-refractivity contribution in [3.05, 3.63) is 55.0 Å². The van der Waals surface area contributed by atoms with Crippen molar-refractivity contribution in [3.8, 4) is 0 Å². The maximum Gasteiger partial charge on any atom is 0.330 e. The minimum absolute atomic E-state index is 0.0165. The third kappa shape index (κ3) is 6.96. The first-order valence-corrected chi connectivity index (χ1v) is 10.6. The van der Waals surface area contributed by atoms with Gasteiger partial charge in [0.2, 0.25) is 17.6 Å². The Hall–Kier alpha value is -4.07. The van der Waals surface area contributed by atoms with Crippen LogP contribution in [0.2, 0.25) is 0 Å². The minimum Gasteiger partial charge on any atom is -0.383 e. The second-order valence-electron chi connectivity index (χ2n) is 8.01. The van der Waals surface area contributed by atoms with Gasteiger partial charge in [0.25, 0.3) is 5.56 Å². The van der Waals surface area contributed by atoms with E-state index >= 15 is 0 Å². The summed E-state index contributed by atoms with van der Waals surface area (Å²) in [6, 6.07) is 2.84. The summed E-state index contributed by atoms with van der Waals surface area (Å²) in [5, 5.41) is 13.2. The van der Waals surface area contributed by atoms with Crippen molar-refractivity contribution in [2.24, 2.45) is 5.92 Å². The Bertz CT molecular complexity index is 1220. The molecule has 1 heterocycles. The van der Waals surface area contributed by atoms with Crippen molar-refractivity contribution in [1.82, 2.24) is 9.55 Å². The second kappa shape index (κ2) is 11.9. The number of ether oxygens (including phenoxy) is 1. The number of nitrogens with two attached hydrogens (primary N) is 1. The number of hydrogen-bond donors (Lipinski definition) is 3. The number of nitrogen functional groups attached to an aromatic ring is 1. The third-order valence-electron chi connectivity index (χ3n) is 4.84. The zero-order chi connectivity index (χ0) is 26.3. The van der Waals surface area contributed by atoms with E-state index in [4.69, 9.17) is 10.5 Å². The van der Waals surface area contributed by atoms with Gasteiger partial charge in [0.15, 0.2) is 5.69 Å². The normalized spacial score (nSPS) is 10.9. The number of rotatable bonds is 11. The fourth-order valence-corrected chi connectivity index (χ4v) is 3.24. The minimum atomic E-state index is -1.06. The number of hydrogen-bond acceptors (Lipinski definition) is 8. The number of amides is 2. The summed E-state index contributed by atoms with van der Waals surface area (Å²) >= 11 is 0. The van der Waals surface area contributed by atoms with Gasteiger partial charge in [-0.05, 0) is 18.1 Å². The van der Waals surface area contributed by atoms with E-state index in [2.05, 4.69) is 10.3 Å². The molecule has 4 N–H and O–H groups in total. The molecular formula is C21H27FN6O7. The first-order chi connectivity index (χ1) is 16.5. The van der Waals surface area contributed by atoms with Crippen LogP contribution < -0.4 is 27.2 Å². The topological polar surface area (TPSA) is 183 Å². The SMILES string of the molecule is COCCN(C(=O)CCC(=O)Nc1ccc(F)c([N+](=O)[O-])c1)c1c(N)n(CC(C)C)c(=O)[nH]c1=O. The molecule has 0 radical (unpaired) electrons. The second-order valence-corrected chi connectivity index (χ2v) is 8.01. The van der Waals surface area contributed by atoms with Gasteiger partial charge >= 0.3 is 11.4 Å². The van der Waals surface area contributed by atoms with E-state index in [1.165, 1.54) is 7.11 Å². The van der Waals surface area contributed by atoms with Crippen molar-refractivity contribution in [3.63, 3.8) is 0 Å². The van der Waals surface area contributed by atoms with Crippen molar-refractivity contribution in [2.45, 2.75) is 33.2 Å². The highest BCUT2D eigenvalue weighted by atomic mass is 19.1. The van der Waals surface area contributed by atoms with Crippen LogP contribution in [0.15, 0.2) is 27.8 Å². The Morgan fingerprint density at radius 1 is 1.31 bits per heavy atom. The number of anilines is 3. The van der Waals surface area contributed by atoms with Gasteiger partial charge < -0.3 is 20.7 Å². The quantitative estimate of drug-likeness (QED) is 0.308. The predicted octanol–water partition coefficient (Wildman–Crippen LogP) is 1.22. The van der Waals surface area contributed by atoms with E-state index in [0.717, 1.165) is 27.7 Å². The lowest BCUT2D eigenvalue weighted by Gasteiger charge is -2.24. The first-order valence-electron chi connectivity index (χ1n) is 10.6. The highest BCUT2D eigenvalue weighted by Gasteiger charge is 2.25. The number of H-pyrrole nitrogens is 1. The predicted molar refractivity (Wildman–Crippen MR) is 126 cm³/mol. The molecule has 14 heteroatoms. The number of nitro benzene ring substituents is 1. The molecule has 190 valence electrons. The number of aromatic nitrogens is 2. The molecule has 0 fully saturated rings. The number of nitrogens with one attached hydrogen (secondary N) is 2. The van der Waals surface area contributed by atoms with Crippen LogP contribution in [0.25, 0.3) is 0 Å². The summed E-state index contributed by atoms with van der Waals surface area (Å²) in [5.41, 5.74) is 3.46. The summed E-state index contributed by atoms with van der Waals surface area (Å²) in [6.07, 6.45) is -0.710. The van der Waals surface area contributed by atoms with Crippen LogP contribution in [0.4, 0.5) is 27.3 Å². The molecule has 2 amide bonds. The van der Waals surface area contributed by atoms with Gasteiger partial charge in [-0.15, -0.1) is 0 Å². The Kier molecular flexibility index (Phi) is 9.22. The number of methoxy groups -OCH3 is 1. The van der Waals surface area contributed by atoms with E-state index in [1.54, 1.807) is 0 Å². The average molecular weight is 494 g/mol. The maximum absolute atomic E-state index is 13.5. The van der Waals surface area contributed by atoms with Crippen LogP contribution in [0.3, 0.4) is 0 Å². The molecule has 0 saturated carbocycles. The van der Waals surface area contributed by atoms with Crippen molar-refractivity contribution >= 4 is 34.7 Å². The Morgan fingerprint density at radius 3 is 2.60 bits per heavy atom. The Balaban J connectivity index is 2.23. The van der Waals surface area contributed by atoms with Crippen LogP contribution in [-0.4, -0.2) is 46.6 Å². The van der Waals surface area contributed by atoms with Crippen molar-refractivity contribution < 1.29 is 23.6 Å². The maximum atomic E-state index is 13.5. The van der Waals surface area contributed by atoms with E-state index in [9.17, 15) is 33.7 Å². The number of nitro groups is 1. The van der Waals surface area contributed by atoms with Gasteiger partial charge in [0.05, 0.1) is 11.5 Å². The lowest BCUT2D eigenvalue weighted by molar-refractivity contribution is -0.387. The van der Waals surface area contributed by atoms with Crippen molar-refractivity contribution in [2.75, 3.05) is 36.2 Å². The largest absolute Gasteiger partial charge is 0.383 e. The molecule has 0 unspecified atom stereocenters. The molecule has 0 bridgehead atoms. The molecule has 0 aliphatic rings. The Morgan fingerprint density at radius 2 is 2.00 bits per heavy atom. The molecule has 1 aromatic carbocycles. The molecule has 0 saturated heterocycles. The van der Waals surface area contributed by atoms with Gasteiger partial charge in [-0.25, -0.2) is 4.79 Å². The number of carbonyl (C=O) groups excluding carboxylic acids is 2. The van der Waals surface area contributed by atoms with Gasteiger partial charge in [0.1, 0.15) is 5.82 Å². The lowest BCUT2D eigenvalue weighted by atomic mass is 10.2. The van der Waals surface area contributed by atoms with Crippen LogP contribution in [0.1, 0.15) is 26.7 Å². The zero-order valence-corrected chi connectivity index (χ0v) is 19.5. The smallest absolute Gasteiger partial charge is 0.330 e. The number of benzene rings is 1. The zero-order valence-electron chi connectivity index (χ0n) is 19.5. The number of carbonyl (C=O) groups is 2. The molecular weight excluding hydrogens is 467 g/mol. The van der Waals surface area contributed by atoms with Crippen LogP contribution in [0.5, 0.6) is 0 Å². The highest BCUT2D eigenvalue weighted by Crippen LogP contribution is 2.22. The fraction of sp³-hybridized carbons (Fsp3) is 0.429. The number of halogens is 1. The highest BCUT2D eigenvalue weighted by molar-refractivity contribution is 5.99. The molecule has 1 aromatic heterocycles. The lowest BCUT2D eigenvalue weighted by Crippen LogP contribution is -2.43. The summed E-state index contributed by atoms with van der Waals surface area (Å²) in [7, 11) is 1.39. The van der Waals surface area contributed by atoms with E-state index in [1.807, 2.05) is 13.8 Å². The van der Waals surface area contributed by atoms with E-state index < -0.39 is 39.5 Å². The average Bonchev–Trinajstić information content (AvgIpc) is 2.78. The van der Waals surface area contributed by atoms with E-state index in [-0.39, 0.29) is 55.6 Å². The molecule has 0 aliphatic heterocycles. The van der Waals surface area contributed by atoms with Crippen LogP contribution >= 0.6 is 0 Å². The van der Waals surface area contributed by atoms with Crippen molar-refractivity contribution in [1.29, 1.82) is 0 Å². The monoisotopic (exact) mass is 494 g/mol. The molecule has 13 nitrogen and oxygen atoms in total. The Labute approximate surface area is 198 Å². The summed E-state index contributed by atoms with van der Waals surface area (Å²) in [4.78, 5) is 63.2. The molecule has 0 aliphatic carbocycles. The first kappa shape index (κ1) is 27.2. The molecule has 0 atom stereocenters. The van der Waals surface area contributed by atoms with Crippen LogP contribution in [-0.2, 0) is 20.9 Å². The molecule has 2 aromatic rings. The fourth-order valence-electron chi connectivity index (χ4n) is 3.24. The molecule has 2 rings (SSSR count). The standard InChI is InChI=1S/C21H27FN6O7/c1-12(2)11-27-19(23)18(20(31)25-21(27)32)26(8-9-35-3)17(30)7-6-16(29)24-13-4-5-14(22)15(10-13)28(33)34/h4-5,10,12H,6-9,11,23H2,1-3H3,(H,24,29)(H,25,31,32). The summed E-state index contributed by atoms with van der Waals surface area (Å²) in [6.45, 7) is 3.86. The summed E-state index contributed by atoms with van der Waals surface area (Å²) in [5.74, 6) is -2.55. The van der Waals surface area contributed by atoms with Crippen LogP contribution in [0, 0.1) is 21.8 Å². The van der Waals surface area contributed by atoms with Gasteiger partial charge in [-0.1, -0.05) is 13.8 Å². The summed E-state index contributed by atoms with van der Waals surface area (Å²) < 4.78 is 19.6. The van der Waals surface area contributed by atoms with Gasteiger partial charge in [-0.2, -0.15) is 4.39 Å². The van der Waals surface area contributed by atoms with E-state index in [0.29, 0.717) is 0 Å². The van der Waals surface area contributed by atoms with Gasteiger partial charge in [0, 0.05) is 44.8 Å². The van der Waals surface area contributed by atoms with Gasteiger partial charge in [-0.3, -0.25) is 34.0 Å². The number of aromatic amines is 1. The number of nitrogens with zero attached hydrogens (tertiary/aromatic N) is 3. The molecule has 35 heavy (non-hydrogen) atoms.